The molecule has 0 spiro atoms. The zero-order chi connectivity index (χ0) is 26.4. The molecule has 9 nitrogen and oxygen atoms in total. The van der Waals surface area contributed by atoms with Gasteiger partial charge in [-0.3, -0.25) is 9.59 Å². The van der Waals surface area contributed by atoms with Gasteiger partial charge in [0.1, 0.15) is 40.3 Å². The second kappa shape index (κ2) is 9.83. The molecule has 2 atom stereocenters. The third-order valence-electron chi connectivity index (χ3n) is 7.43. The summed E-state index contributed by atoms with van der Waals surface area (Å²) in [5.41, 5.74) is 0.0700. The van der Waals surface area contributed by atoms with Gasteiger partial charge in [0.25, 0.3) is 5.91 Å². The smallest absolute Gasteiger partial charge is 0.261 e. The molecule has 4 heterocycles. The van der Waals surface area contributed by atoms with Crippen LogP contribution in [0.1, 0.15) is 17.3 Å². The molecule has 3 aliphatic heterocycles. The fourth-order valence-electron chi connectivity index (χ4n) is 5.16. The number of carbonyl (C=O) groups excluding carboxylic acids is 2. The van der Waals surface area contributed by atoms with Gasteiger partial charge < -0.3 is 29.4 Å². The molecule has 11 heteroatoms. The molecule has 0 bridgehead atoms. The molecule has 1 aromatic heterocycles. The van der Waals surface area contributed by atoms with E-state index < -0.39 is 11.9 Å². The van der Waals surface area contributed by atoms with Gasteiger partial charge >= 0.3 is 0 Å². The van der Waals surface area contributed by atoms with Gasteiger partial charge in [0.15, 0.2) is 5.75 Å². The minimum atomic E-state index is -0.692. The predicted octanol–water partition coefficient (Wildman–Crippen LogP) is 2.62. The van der Waals surface area contributed by atoms with Crippen LogP contribution in [-0.2, 0) is 4.79 Å². The number of benzene rings is 1. The van der Waals surface area contributed by atoms with Crippen molar-refractivity contribution in [3.8, 4) is 22.8 Å². The number of carbonyl (C=O) groups is 2. The molecule has 0 radical (unpaired) electrons. The van der Waals surface area contributed by atoms with Crippen molar-refractivity contribution in [3.63, 3.8) is 0 Å². The topological polar surface area (TPSA) is 89.5 Å². The number of rotatable bonds is 3. The number of hydrogen-bond donors (Lipinski definition) is 1. The van der Waals surface area contributed by atoms with Crippen LogP contribution in [0, 0.1) is 5.82 Å². The zero-order valence-electron chi connectivity index (χ0n) is 20.8. The molecule has 2 saturated heterocycles. The molecule has 5 rings (SSSR count). The summed E-state index contributed by atoms with van der Waals surface area (Å²) < 4.78 is 21.1. The van der Waals surface area contributed by atoms with Crippen molar-refractivity contribution >= 4 is 29.2 Å². The van der Waals surface area contributed by atoms with Crippen LogP contribution in [0.5, 0.6) is 11.5 Å². The first-order chi connectivity index (χ1) is 17.7. The Bertz CT molecular complexity index is 1250. The van der Waals surface area contributed by atoms with Crippen LogP contribution in [0.2, 0.25) is 5.02 Å². The number of aromatic nitrogens is 1. The van der Waals surface area contributed by atoms with Crippen LogP contribution in [0.4, 0.5) is 10.2 Å². The van der Waals surface area contributed by atoms with Crippen molar-refractivity contribution in [2.45, 2.75) is 19.0 Å². The molecule has 3 aliphatic rings. The average molecular weight is 530 g/mol. The molecule has 2 amide bonds. The lowest BCUT2D eigenvalue weighted by Gasteiger charge is -2.40. The molecule has 2 aromatic rings. The number of aromatic hydroxyl groups is 1. The number of halogens is 2. The molecule has 2 fully saturated rings. The standard InChI is InChI=1S/C26H29ClFN5O4/c1-4-19(35)31-10-11-33-16(13-31)14-37-24-21(26(33)36)25(32-9-8-30(3)15(2)12-32)29-23(22(24)27)20-17(28)6-5-7-18(20)34/h4-7,15-16,34H,1,8-14H2,2-3H3/t15-,16-/m1/s1. The maximum atomic E-state index is 14.9. The van der Waals surface area contributed by atoms with E-state index in [9.17, 15) is 19.1 Å². The molecule has 0 saturated carbocycles. The summed E-state index contributed by atoms with van der Waals surface area (Å²) in [5.74, 6) is -1.07. The molecule has 0 unspecified atom stereocenters. The van der Waals surface area contributed by atoms with Crippen molar-refractivity contribution in [2.24, 2.45) is 0 Å². The summed E-state index contributed by atoms with van der Waals surface area (Å²) >= 11 is 6.76. The maximum absolute atomic E-state index is 14.9. The van der Waals surface area contributed by atoms with Crippen LogP contribution in [0.25, 0.3) is 11.3 Å². The molecule has 196 valence electrons. The molecular formula is C26H29ClFN5O4. The molecule has 37 heavy (non-hydrogen) atoms. The lowest BCUT2D eigenvalue weighted by atomic mass is 10.0. The number of pyridine rings is 1. The Morgan fingerprint density at radius 1 is 1.24 bits per heavy atom. The maximum Gasteiger partial charge on any atom is 0.261 e. The van der Waals surface area contributed by atoms with Gasteiger partial charge in [-0.1, -0.05) is 24.2 Å². The van der Waals surface area contributed by atoms with Gasteiger partial charge in [0, 0.05) is 45.3 Å². The van der Waals surface area contributed by atoms with E-state index >= 15 is 0 Å². The first-order valence-electron chi connectivity index (χ1n) is 12.2. The van der Waals surface area contributed by atoms with Crippen LogP contribution in [-0.4, -0.2) is 102 Å². The largest absolute Gasteiger partial charge is 0.507 e. The first-order valence-corrected chi connectivity index (χ1v) is 12.6. The average Bonchev–Trinajstić information content (AvgIpc) is 3.03. The van der Waals surface area contributed by atoms with Crippen LogP contribution >= 0.6 is 11.6 Å². The number of piperazine rings is 2. The summed E-state index contributed by atoms with van der Waals surface area (Å²) in [6.07, 6.45) is 1.25. The monoisotopic (exact) mass is 529 g/mol. The van der Waals surface area contributed by atoms with E-state index in [1.165, 1.54) is 24.3 Å². The number of hydrogen-bond acceptors (Lipinski definition) is 7. The number of phenols is 1. The summed E-state index contributed by atoms with van der Waals surface area (Å²) in [4.78, 5) is 38.5. The summed E-state index contributed by atoms with van der Waals surface area (Å²) in [5, 5.41) is 10.5. The Hall–Kier alpha value is -3.37. The van der Waals surface area contributed by atoms with Crippen molar-refractivity contribution in [1.82, 2.24) is 19.7 Å². The quantitative estimate of drug-likeness (QED) is 0.611. The highest BCUT2D eigenvalue weighted by Crippen LogP contribution is 2.46. The summed E-state index contributed by atoms with van der Waals surface area (Å²) in [7, 11) is 2.03. The summed E-state index contributed by atoms with van der Waals surface area (Å²) in [6.45, 7) is 8.60. The van der Waals surface area contributed by atoms with E-state index in [1.807, 2.05) is 11.9 Å². The van der Waals surface area contributed by atoms with Gasteiger partial charge in [0.2, 0.25) is 5.91 Å². The van der Waals surface area contributed by atoms with Crippen LogP contribution in [0.15, 0.2) is 30.9 Å². The SMILES string of the molecule is C=CC(=O)N1CCN2C(=O)c3c(N4CCN(C)[C@H](C)C4)nc(-c4c(O)cccc4F)c(Cl)c3OC[C@H]2C1. The van der Waals surface area contributed by atoms with Gasteiger partial charge in [-0.25, -0.2) is 9.37 Å². The van der Waals surface area contributed by atoms with E-state index in [-0.39, 0.29) is 64.4 Å². The molecular weight excluding hydrogens is 501 g/mol. The lowest BCUT2D eigenvalue weighted by Crippen LogP contribution is -2.57. The minimum Gasteiger partial charge on any atom is -0.507 e. The third-order valence-corrected chi connectivity index (χ3v) is 7.78. The van der Waals surface area contributed by atoms with Crippen molar-refractivity contribution in [2.75, 3.05) is 57.8 Å². The number of likely N-dealkylation sites (N-methyl/N-ethyl adjacent to an activating group) is 1. The van der Waals surface area contributed by atoms with Crippen molar-refractivity contribution in [1.29, 1.82) is 0 Å². The minimum absolute atomic E-state index is 0.00808. The second-order valence-electron chi connectivity index (χ2n) is 9.66. The predicted molar refractivity (Wildman–Crippen MR) is 138 cm³/mol. The third kappa shape index (κ3) is 4.38. The highest BCUT2D eigenvalue weighted by Gasteiger charge is 2.41. The molecule has 1 N–H and O–H groups in total. The Morgan fingerprint density at radius 2 is 2.03 bits per heavy atom. The highest BCUT2D eigenvalue weighted by molar-refractivity contribution is 6.35. The van der Waals surface area contributed by atoms with Gasteiger partial charge in [-0.2, -0.15) is 0 Å². The van der Waals surface area contributed by atoms with E-state index in [1.54, 1.807) is 9.80 Å². The number of fused-ring (bicyclic) bond motifs is 2. The lowest BCUT2D eigenvalue weighted by molar-refractivity contribution is -0.128. The Labute approximate surface area is 219 Å². The van der Waals surface area contributed by atoms with Crippen molar-refractivity contribution < 1.29 is 23.8 Å². The Morgan fingerprint density at radius 3 is 2.73 bits per heavy atom. The molecule has 0 aliphatic carbocycles. The summed E-state index contributed by atoms with van der Waals surface area (Å²) in [6, 6.07) is 3.74. The zero-order valence-corrected chi connectivity index (χ0v) is 21.5. The van der Waals surface area contributed by atoms with Crippen molar-refractivity contribution in [3.05, 3.63) is 47.3 Å². The van der Waals surface area contributed by atoms with E-state index in [4.69, 9.17) is 21.3 Å². The Balaban J connectivity index is 1.65. The highest BCUT2D eigenvalue weighted by atomic mass is 35.5. The fourth-order valence-corrected chi connectivity index (χ4v) is 5.44. The van der Waals surface area contributed by atoms with E-state index in [0.29, 0.717) is 32.0 Å². The van der Waals surface area contributed by atoms with Gasteiger partial charge in [-0.15, -0.1) is 0 Å². The number of ether oxygens (including phenoxy) is 1. The number of amides is 2. The molecule has 1 aromatic carbocycles. The normalized spacial score (nSPS) is 22.2. The fraction of sp³-hybridized carbons (Fsp3) is 0.423. The van der Waals surface area contributed by atoms with E-state index in [2.05, 4.69) is 18.4 Å². The van der Waals surface area contributed by atoms with Gasteiger partial charge in [-0.05, 0) is 32.2 Å². The van der Waals surface area contributed by atoms with Crippen LogP contribution < -0.4 is 9.64 Å². The first kappa shape index (κ1) is 25.3. The number of phenolic OH excluding ortho intramolecular Hbond substituents is 1. The van der Waals surface area contributed by atoms with Crippen LogP contribution in [0.3, 0.4) is 0 Å². The Kier molecular flexibility index (Phi) is 6.72. The van der Waals surface area contributed by atoms with Gasteiger partial charge in [0.05, 0.1) is 11.6 Å². The number of anilines is 1. The van der Waals surface area contributed by atoms with E-state index in [0.717, 1.165) is 6.54 Å². The number of nitrogens with zero attached hydrogens (tertiary/aromatic N) is 5. The second-order valence-corrected chi connectivity index (χ2v) is 10.0.